The highest BCUT2D eigenvalue weighted by Gasteiger charge is 2.16. The quantitative estimate of drug-likeness (QED) is 0.722. The number of carbonyl (C=O) groups is 2. The van der Waals surface area contributed by atoms with Gasteiger partial charge in [-0.3, -0.25) is 4.79 Å². The molecule has 0 bridgehead atoms. The summed E-state index contributed by atoms with van der Waals surface area (Å²) < 4.78 is 18.5. The third kappa shape index (κ3) is 5.68. The summed E-state index contributed by atoms with van der Waals surface area (Å²) in [5, 5.41) is 13.7. The van der Waals surface area contributed by atoms with Crippen molar-refractivity contribution < 1.29 is 23.8 Å². The van der Waals surface area contributed by atoms with Gasteiger partial charge in [0.25, 0.3) is 0 Å². The van der Waals surface area contributed by atoms with E-state index in [2.05, 4.69) is 10.6 Å². The van der Waals surface area contributed by atoms with Crippen LogP contribution in [0, 0.1) is 5.82 Å². The normalized spacial score (nSPS) is 11.6. The van der Waals surface area contributed by atoms with Crippen molar-refractivity contribution in [1.82, 2.24) is 5.32 Å². The molecular weight excluding hydrogens is 279 g/mol. The number of aliphatic carboxylic acids is 1. The Morgan fingerprint density at radius 3 is 2.71 bits per heavy atom. The van der Waals surface area contributed by atoms with Gasteiger partial charge in [0, 0.05) is 12.1 Å². The van der Waals surface area contributed by atoms with Gasteiger partial charge in [-0.2, -0.15) is 0 Å². The molecule has 6 nitrogen and oxygen atoms in total. The molecule has 1 aromatic rings. The van der Waals surface area contributed by atoms with E-state index in [0.29, 0.717) is 12.2 Å². The Balaban J connectivity index is 2.69. The van der Waals surface area contributed by atoms with Crippen LogP contribution in [-0.4, -0.2) is 30.3 Å². The second-order valence-corrected chi connectivity index (χ2v) is 4.53. The molecule has 1 atom stereocenters. The molecule has 0 saturated heterocycles. The minimum absolute atomic E-state index is 0.0302. The fourth-order valence-corrected chi connectivity index (χ4v) is 1.86. The number of anilines is 1. The van der Waals surface area contributed by atoms with Crippen LogP contribution in [-0.2, 0) is 4.79 Å². The molecule has 0 aliphatic rings. The topological polar surface area (TPSA) is 87.7 Å². The molecule has 0 aliphatic carbocycles. The fraction of sp³-hybridized carbons (Fsp3) is 0.429. The summed E-state index contributed by atoms with van der Waals surface area (Å²) in [6, 6.07) is 2.81. The molecule has 0 spiro atoms. The third-order valence-electron chi connectivity index (χ3n) is 2.82. The highest BCUT2D eigenvalue weighted by Crippen LogP contribution is 2.21. The van der Waals surface area contributed by atoms with E-state index < -0.39 is 23.9 Å². The summed E-state index contributed by atoms with van der Waals surface area (Å²) in [6.07, 6.45) is 1.08. The average molecular weight is 298 g/mol. The maximum Gasteiger partial charge on any atom is 0.319 e. The summed E-state index contributed by atoms with van der Waals surface area (Å²) in [4.78, 5) is 22.5. The van der Waals surface area contributed by atoms with Crippen molar-refractivity contribution in [3.63, 3.8) is 0 Å². The van der Waals surface area contributed by atoms with Crippen LogP contribution in [0.1, 0.15) is 26.2 Å². The number of hydrogen-bond acceptors (Lipinski definition) is 3. The second-order valence-electron chi connectivity index (χ2n) is 4.53. The molecule has 21 heavy (non-hydrogen) atoms. The first kappa shape index (κ1) is 16.7. The van der Waals surface area contributed by atoms with Crippen LogP contribution in [0.25, 0.3) is 0 Å². The van der Waals surface area contributed by atoms with E-state index in [1.54, 1.807) is 0 Å². The molecule has 0 aliphatic heterocycles. The average Bonchev–Trinajstić information content (AvgIpc) is 2.40. The van der Waals surface area contributed by atoms with Gasteiger partial charge >= 0.3 is 12.0 Å². The Morgan fingerprint density at radius 1 is 1.43 bits per heavy atom. The zero-order chi connectivity index (χ0) is 15.8. The number of carbonyl (C=O) groups excluding carboxylic acids is 1. The van der Waals surface area contributed by atoms with Gasteiger partial charge in [0.15, 0.2) is 0 Å². The Bertz CT molecular complexity index is 508. The van der Waals surface area contributed by atoms with Gasteiger partial charge < -0.3 is 20.5 Å². The van der Waals surface area contributed by atoms with Crippen molar-refractivity contribution in [1.29, 1.82) is 0 Å². The molecule has 0 saturated carbocycles. The maximum absolute atomic E-state index is 13.6. The first-order valence-electron chi connectivity index (χ1n) is 6.59. The minimum Gasteiger partial charge on any atom is -0.497 e. The number of ether oxygens (including phenoxy) is 1. The molecule has 2 amide bonds. The molecule has 3 N–H and O–H groups in total. The monoisotopic (exact) mass is 298 g/mol. The van der Waals surface area contributed by atoms with Gasteiger partial charge in [-0.1, -0.05) is 13.3 Å². The van der Waals surface area contributed by atoms with Gasteiger partial charge in [0.05, 0.1) is 19.2 Å². The van der Waals surface area contributed by atoms with Crippen molar-refractivity contribution in [3.05, 3.63) is 24.0 Å². The first-order chi connectivity index (χ1) is 9.96. The molecule has 7 heteroatoms. The number of carboxylic acid groups (broad SMARTS) is 1. The smallest absolute Gasteiger partial charge is 0.319 e. The molecule has 0 fully saturated rings. The van der Waals surface area contributed by atoms with Gasteiger partial charge in [-0.15, -0.1) is 0 Å². The fourth-order valence-electron chi connectivity index (χ4n) is 1.86. The van der Waals surface area contributed by atoms with Crippen LogP contribution in [0.2, 0.25) is 0 Å². The Morgan fingerprint density at radius 2 is 2.14 bits per heavy atom. The molecule has 116 valence electrons. The molecule has 1 rings (SSSR count). The summed E-state index contributed by atoms with van der Waals surface area (Å²) >= 11 is 0. The molecule has 0 radical (unpaired) electrons. The lowest BCUT2D eigenvalue weighted by Crippen LogP contribution is -2.39. The minimum atomic E-state index is -0.999. The van der Waals surface area contributed by atoms with E-state index in [4.69, 9.17) is 9.84 Å². The predicted octanol–water partition coefficient (Wildman–Crippen LogP) is 2.60. The number of benzene rings is 1. The van der Waals surface area contributed by atoms with Crippen LogP contribution in [0.15, 0.2) is 18.2 Å². The zero-order valence-corrected chi connectivity index (χ0v) is 12.0. The Labute approximate surface area is 122 Å². The van der Waals surface area contributed by atoms with Crippen molar-refractivity contribution in [2.75, 3.05) is 12.4 Å². The molecule has 1 unspecified atom stereocenters. The maximum atomic E-state index is 13.6. The lowest BCUT2D eigenvalue weighted by molar-refractivity contribution is -0.137. The van der Waals surface area contributed by atoms with E-state index in [1.165, 1.54) is 25.3 Å². The zero-order valence-electron chi connectivity index (χ0n) is 12.0. The number of amides is 2. The number of urea groups is 1. The van der Waals surface area contributed by atoms with E-state index in [9.17, 15) is 14.0 Å². The van der Waals surface area contributed by atoms with E-state index in [0.717, 1.165) is 6.42 Å². The van der Waals surface area contributed by atoms with Gasteiger partial charge in [-0.25, -0.2) is 9.18 Å². The SMILES string of the molecule is CCCC(CC(=O)O)NC(=O)Nc1cc(OC)ccc1F. The van der Waals surface area contributed by atoms with Crippen LogP contribution < -0.4 is 15.4 Å². The highest BCUT2D eigenvalue weighted by atomic mass is 19.1. The van der Waals surface area contributed by atoms with Crippen molar-refractivity contribution in [3.8, 4) is 5.75 Å². The second kappa shape index (κ2) is 8.08. The summed E-state index contributed by atoms with van der Waals surface area (Å²) in [7, 11) is 1.43. The number of methoxy groups -OCH3 is 1. The molecular formula is C14H19FN2O4. The van der Waals surface area contributed by atoms with E-state index in [1.807, 2.05) is 6.92 Å². The number of rotatable bonds is 7. The van der Waals surface area contributed by atoms with Crippen molar-refractivity contribution >= 4 is 17.7 Å². The standard InChI is InChI=1S/C14H19FN2O4/c1-3-4-9(7-13(18)19)16-14(20)17-12-8-10(21-2)5-6-11(12)15/h5-6,8-9H,3-4,7H2,1-2H3,(H,18,19)(H2,16,17,20). The van der Waals surface area contributed by atoms with E-state index in [-0.39, 0.29) is 12.1 Å². The summed E-state index contributed by atoms with van der Waals surface area (Å²) in [6.45, 7) is 1.89. The van der Waals surface area contributed by atoms with Gasteiger partial charge in [0.2, 0.25) is 0 Å². The third-order valence-corrected chi connectivity index (χ3v) is 2.82. The Hall–Kier alpha value is -2.31. The summed E-state index contributed by atoms with van der Waals surface area (Å²) in [5.74, 6) is -1.19. The summed E-state index contributed by atoms with van der Waals surface area (Å²) in [5.41, 5.74) is -0.0302. The van der Waals surface area contributed by atoms with Crippen LogP contribution in [0.5, 0.6) is 5.75 Å². The molecule has 1 aromatic carbocycles. The highest BCUT2D eigenvalue weighted by molar-refractivity contribution is 5.90. The Kier molecular flexibility index (Phi) is 6.45. The van der Waals surface area contributed by atoms with Gasteiger partial charge in [0.1, 0.15) is 11.6 Å². The van der Waals surface area contributed by atoms with Crippen LogP contribution in [0.4, 0.5) is 14.9 Å². The van der Waals surface area contributed by atoms with Crippen molar-refractivity contribution in [2.24, 2.45) is 0 Å². The number of hydrogen-bond donors (Lipinski definition) is 3. The van der Waals surface area contributed by atoms with Crippen LogP contribution >= 0.6 is 0 Å². The molecule has 0 aromatic heterocycles. The van der Waals surface area contributed by atoms with Crippen LogP contribution in [0.3, 0.4) is 0 Å². The largest absolute Gasteiger partial charge is 0.497 e. The van der Waals surface area contributed by atoms with Gasteiger partial charge in [-0.05, 0) is 18.6 Å². The lowest BCUT2D eigenvalue weighted by Gasteiger charge is -2.17. The van der Waals surface area contributed by atoms with E-state index >= 15 is 0 Å². The number of halogens is 1. The van der Waals surface area contributed by atoms with Crippen molar-refractivity contribution in [2.45, 2.75) is 32.2 Å². The number of nitrogens with one attached hydrogen (secondary N) is 2. The number of carboxylic acids is 1. The predicted molar refractivity (Wildman–Crippen MR) is 76.1 cm³/mol. The lowest BCUT2D eigenvalue weighted by atomic mass is 10.1. The first-order valence-corrected chi connectivity index (χ1v) is 6.59. The molecule has 0 heterocycles.